The molecule has 0 unspecified atom stereocenters. The van der Waals surface area contributed by atoms with Crippen LogP contribution in [0.15, 0.2) is 24.3 Å². The predicted molar refractivity (Wildman–Crippen MR) is 94.3 cm³/mol. The fraction of sp³-hybridized carbons (Fsp3) is 0.632. The number of carbonyl (C=O) groups excluding carboxylic acids is 1. The molecule has 1 atom stereocenters. The van der Waals surface area contributed by atoms with Gasteiger partial charge in [0.05, 0.1) is 19.3 Å². The molecule has 4 nitrogen and oxygen atoms in total. The van der Waals surface area contributed by atoms with Gasteiger partial charge in [-0.25, -0.2) is 0 Å². The maximum Gasteiger partial charge on any atom is 0.222 e. The highest BCUT2D eigenvalue weighted by atomic mass is 35.5. The number of hydrogen-bond acceptors (Lipinski definition) is 3. The molecule has 2 fully saturated rings. The number of methoxy groups -OCH3 is 1. The van der Waals surface area contributed by atoms with Crippen molar-refractivity contribution < 1.29 is 14.3 Å². The molecule has 132 valence electrons. The highest BCUT2D eigenvalue weighted by Crippen LogP contribution is 2.42. The molecule has 0 N–H and O–H groups in total. The van der Waals surface area contributed by atoms with Crippen molar-refractivity contribution in [3.05, 3.63) is 34.9 Å². The molecule has 5 heteroatoms. The molecular weight excluding hydrogens is 326 g/mol. The minimum Gasteiger partial charge on any atom is -0.382 e. The van der Waals surface area contributed by atoms with E-state index < -0.39 is 0 Å². The fourth-order valence-electron chi connectivity index (χ4n) is 3.83. The first kappa shape index (κ1) is 17.7. The van der Waals surface area contributed by atoms with Crippen molar-refractivity contribution in [2.75, 3.05) is 33.4 Å². The maximum absolute atomic E-state index is 12.5. The quantitative estimate of drug-likeness (QED) is 0.816. The summed E-state index contributed by atoms with van der Waals surface area (Å²) >= 11 is 5.89. The lowest BCUT2D eigenvalue weighted by Gasteiger charge is -2.38. The van der Waals surface area contributed by atoms with Gasteiger partial charge in [0.2, 0.25) is 5.91 Å². The predicted octanol–water partition coefficient (Wildman–Crippen LogP) is 3.32. The van der Waals surface area contributed by atoms with Crippen molar-refractivity contribution in [2.24, 2.45) is 5.41 Å². The summed E-state index contributed by atoms with van der Waals surface area (Å²) in [5.41, 5.74) is 1.42. The van der Waals surface area contributed by atoms with E-state index in [2.05, 4.69) is 0 Å². The number of aryl methyl sites for hydroxylation is 1. The van der Waals surface area contributed by atoms with Crippen LogP contribution in [0.2, 0.25) is 5.02 Å². The van der Waals surface area contributed by atoms with Gasteiger partial charge in [0.15, 0.2) is 0 Å². The molecule has 3 rings (SSSR count). The third-order valence-corrected chi connectivity index (χ3v) is 5.61. The molecule has 1 aromatic carbocycles. The van der Waals surface area contributed by atoms with Crippen molar-refractivity contribution >= 4 is 17.5 Å². The first-order valence-electron chi connectivity index (χ1n) is 8.73. The van der Waals surface area contributed by atoms with Crippen molar-refractivity contribution in [3.8, 4) is 0 Å². The Kier molecular flexibility index (Phi) is 5.80. The molecule has 2 heterocycles. The molecule has 1 amide bonds. The zero-order chi connectivity index (χ0) is 17.0. The number of hydrogen-bond donors (Lipinski definition) is 0. The molecule has 1 aromatic rings. The van der Waals surface area contributed by atoms with Crippen molar-refractivity contribution in [1.29, 1.82) is 0 Å². The SMILES string of the molecule is COC[C@H]1CC2(CCN(C(=O)CCc3ccc(Cl)cc3)CC2)CO1. The molecular formula is C19H26ClNO3. The van der Waals surface area contributed by atoms with E-state index in [9.17, 15) is 4.79 Å². The average molecular weight is 352 g/mol. The monoisotopic (exact) mass is 351 g/mol. The van der Waals surface area contributed by atoms with Gasteiger partial charge in [-0.2, -0.15) is 0 Å². The van der Waals surface area contributed by atoms with Crippen LogP contribution in [0.25, 0.3) is 0 Å². The second-order valence-corrected chi connectivity index (χ2v) is 7.54. The summed E-state index contributed by atoms with van der Waals surface area (Å²) in [6.45, 7) is 3.18. The summed E-state index contributed by atoms with van der Waals surface area (Å²) in [6.07, 6.45) is 4.71. The first-order chi connectivity index (χ1) is 11.6. The molecule has 0 aliphatic carbocycles. The molecule has 2 aliphatic heterocycles. The van der Waals surface area contributed by atoms with E-state index >= 15 is 0 Å². The standard InChI is InChI=1S/C19H26ClNO3/c1-23-13-17-12-19(14-24-17)8-10-21(11-9-19)18(22)7-4-15-2-5-16(20)6-3-15/h2-3,5-6,17H,4,7-14H2,1H3/t17-/m1/s1. The summed E-state index contributed by atoms with van der Waals surface area (Å²) in [4.78, 5) is 14.5. The zero-order valence-corrected chi connectivity index (χ0v) is 15.1. The third kappa shape index (κ3) is 4.29. The smallest absolute Gasteiger partial charge is 0.222 e. The van der Waals surface area contributed by atoms with Gasteiger partial charge in [-0.3, -0.25) is 4.79 Å². The van der Waals surface area contributed by atoms with Gasteiger partial charge in [-0.1, -0.05) is 23.7 Å². The number of halogens is 1. The second-order valence-electron chi connectivity index (χ2n) is 7.10. The van der Waals surface area contributed by atoms with E-state index in [4.69, 9.17) is 21.1 Å². The van der Waals surface area contributed by atoms with Crippen molar-refractivity contribution in [3.63, 3.8) is 0 Å². The number of rotatable bonds is 5. The van der Waals surface area contributed by atoms with Crippen LogP contribution in [-0.4, -0.2) is 50.3 Å². The van der Waals surface area contributed by atoms with Crippen LogP contribution in [0, 0.1) is 5.41 Å². The molecule has 0 bridgehead atoms. The molecule has 2 saturated heterocycles. The van der Waals surface area contributed by atoms with Crippen LogP contribution in [-0.2, 0) is 20.7 Å². The number of nitrogens with zero attached hydrogens (tertiary/aromatic N) is 1. The lowest BCUT2D eigenvalue weighted by Crippen LogP contribution is -2.43. The first-order valence-corrected chi connectivity index (χ1v) is 9.11. The van der Waals surface area contributed by atoms with Crippen LogP contribution < -0.4 is 0 Å². The van der Waals surface area contributed by atoms with Crippen molar-refractivity contribution in [1.82, 2.24) is 4.90 Å². The van der Waals surface area contributed by atoms with Crippen molar-refractivity contribution in [2.45, 2.75) is 38.2 Å². The molecule has 0 radical (unpaired) electrons. The summed E-state index contributed by atoms with van der Waals surface area (Å²) in [5.74, 6) is 0.257. The van der Waals surface area contributed by atoms with E-state index in [1.165, 1.54) is 0 Å². The van der Waals surface area contributed by atoms with E-state index in [0.29, 0.717) is 13.0 Å². The lowest BCUT2D eigenvalue weighted by atomic mass is 9.76. The summed E-state index contributed by atoms with van der Waals surface area (Å²) < 4.78 is 11.1. The molecule has 24 heavy (non-hydrogen) atoms. The third-order valence-electron chi connectivity index (χ3n) is 5.36. The largest absolute Gasteiger partial charge is 0.382 e. The lowest BCUT2D eigenvalue weighted by molar-refractivity contribution is -0.133. The number of piperidine rings is 1. The van der Waals surface area contributed by atoms with Crippen LogP contribution in [0.3, 0.4) is 0 Å². The van der Waals surface area contributed by atoms with E-state index in [0.717, 1.165) is 56.0 Å². The molecule has 1 spiro atoms. The summed E-state index contributed by atoms with van der Waals surface area (Å²) in [7, 11) is 1.72. The Morgan fingerprint density at radius 2 is 2.04 bits per heavy atom. The number of amides is 1. The second kappa shape index (κ2) is 7.85. The Morgan fingerprint density at radius 1 is 1.33 bits per heavy atom. The van der Waals surface area contributed by atoms with E-state index in [-0.39, 0.29) is 17.4 Å². The molecule has 2 aliphatic rings. The number of ether oxygens (including phenoxy) is 2. The average Bonchev–Trinajstić information content (AvgIpc) is 2.97. The van der Waals surface area contributed by atoms with Gasteiger partial charge in [0, 0.05) is 31.6 Å². The van der Waals surface area contributed by atoms with Crippen LogP contribution in [0.4, 0.5) is 0 Å². The van der Waals surface area contributed by atoms with Gasteiger partial charge in [0.1, 0.15) is 0 Å². The molecule has 0 aromatic heterocycles. The van der Waals surface area contributed by atoms with E-state index in [1.54, 1.807) is 7.11 Å². The number of benzene rings is 1. The Labute approximate surface area is 149 Å². The highest BCUT2D eigenvalue weighted by molar-refractivity contribution is 6.30. The van der Waals surface area contributed by atoms with E-state index in [1.807, 2.05) is 29.2 Å². The Bertz CT molecular complexity index is 552. The maximum atomic E-state index is 12.5. The van der Waals surface area contributed by atoms with Gasteiger partial charge in [-0.15, -0.1) is 0 Å². The van der Waals surface area contributed by atoms with Crippen LogP contribution in [0.1, 0.15) is 31.2 Å². The van der Waals surface area contributed by atoms with Gasteiger partial charge in [0.25, 0.3) is 0 Å². The zero-order valence-electron chi connectivity index (χ0n) is 14.3. The summed E-state index contributed by atoms with van der Waals surface area (Å²) in [6, 6.07) is 7.74. The number of likely N-dealkylation sites (tertiary alicyclic amines) is 1. The van der Waals surface area contributed by atoms with Crippen LogP contribution in [0.5, 0.6) is 0 Å². The van der Waals surface area contributed by atoms with Gasteiger partial charge < -0.3 is 14.4 Å². The topological polar surface area (TPSA) is 38.8 Å². The molecule has 0 saturated carbocycles. The highest BCUT2D eigenvalue weighted by Gasteiger charge is 2.42. The van der Waals surface area contributed by atoms with Gasteiger partial charge in [-0.05, 0) is 48.8 Å². The van der Waals surface area contributed by atoms with Gasteiger partial charge >= 0.3 is 0 Å². The minimum absolute atomic E-state index is 0.224. The fourth-order valence-corrected chi connectivity index (χ4v) is 3.95. The van der Waals surface area contributed by atoms with Crippen LogP contribution >= 0.6 is 11.6 Å². The normalized spacial score (nSPS) is 22.9. The Morgan fingerprint density at radius 3 is 2.71 bits per heavy atom. The Balaban J connectivity index is 1.44. The minimum atomic E-state index is 0.224. The number of carbonyl (C=O) groups is 1. The Hall–Kier alpha value is -1.10. The summed E-state index contributed by atoms with van der Waals surface area (Å²) in [5, 5.41) is 0.733.